The molecule has 1 heterocycles. The summed E-state index contributed by atoms with van der Waals surface area (Å²) in [5.41, 5.74) is -0.141. The molecule has 1 rings (SSSR count). The average Bonchev–Trinajstić information content (AvgIpc) is 1.90. The Labute approximate surface area is 51.2 Å². The highest BCUT2D eigenvalue weighted by Crippen LogP contribution is 1.84. The first kappa shape index (κ1) is 5.68. The van der Waals surface area contributed by atoms with Crippen LogP contribution < -0.4 is 5.11 Å². The number of carbonyl (C=O) groups is 1. The molecule has 0 radical (unpaired) electrons. The number of carboxylic acid groups (broad SMARTS) is 1. The van der Waals surface area contributed by atoms with Gasteiger partial charge in [0.2, 0.25) is 0 Å². The minimum absolute atomic E-state index is 0.141. The van der Waals surface area contributed by atoms with Crippen molar-refractivity contribution in [1.29, 1.82) is 0 Å². The van der Waals surface area contributed by atoms with Gasteiger partial charge in [-0.1, -0.05) is 0 Å². The molecule has 0 bridgehead atoms. The van der Waals surface area contributed by atoms with Crippen molar-refractivity contribution < 1.29 is 9.90 Å². The molecule has 0 aliphatic rings. The number of nitrogens with zero attached hydrogens (tertiary/aromatic N) is 2. The van der Waals surface area contributed by atoms with E-state index >= 15 is 0 Å². The molecule has 0 unspecified atom stereocenters. The molecule has 0 fully saturated rings. The standard InChI is InChI=1S/C5H4N2O2/c8-5(9)4-3-6-1-2-7-4/h1-3H,(H,8,9)/p-1. The predicted molar refractivity (Wildman–Crippen MR) is 26.4 cm³/mol. The van der Waals surface area contributed by atoms with Crippen molar-refractivity contribution in [3.05, 3.63) is 24.3 Å². The second-order valence-electron chi connectivity index (χ2n) is 1.38. The zero-order valence-electron chi connectivity index (χ0n) is 4.44. The van der Waals surface area contributed by atoms with Gasteiger partial charge in [-0.25, -0.2) is 0 Å². The van der Waals surface area contributed by atoms with Crippen molar-refractivity contribution in [1.82, 2.24) is 9.97 Å². The van der Waals surface area contributed by atoms with Crippen molar-refractivity contribution in [3.8, 4) is 0 Å². The molecular weight excluding hydrogens is 120 g/mol. The first-order valence-electron chi connectivity index (χ1n) is 2.28. The summed E-state index contributed by atoms with van der Waals surface area (Å²) in [4.78, 5) is 17.0. The molecule has 1 aromatic heterocycles. The number of hydrogen-bond donors (Lipinski definition) is 0. The van der Waals surface area contributed by atoms with E-state index in [-0.39, 0.29) is 5.69 Å². The van der Waals surface area contributed by atoms with Gasteiger partial charge < -0.3 is 9.90 Å². The lowest BCUT2D eigenvalue weighted by Gasteiger charge is -1.95. The summed E-state index contributed by atoms with van der Waals surface area (Å²) in [6.45, 7) is 0. The van der Waals surface area contributed by atoms with Crippen LogP contribution in [0.1, 0.15) is 10.5 Å². The third kappa shape index (κ3) is 1.22. The van der Waals surface area contributed by atoms with Crippen molar-refractivity contribution >= 4 is 5.97 Å². The maximum absolute atomic E-state index is 9.99. The van der Waals surface area contributed by atoms with Crippen molar-refractivity contribution in [2.75, 3.05) is 0 Å². The highest BCUT2D eigenvalue weighted by atomic mass is 16.4. The molecular formula is C5H3N2O2-. The smallest absolute Gasteiger partial charge is 0.104 e. The van der Waals surface area contributed by atoms with Crippen LogP contribution in [0.2, 0.25) is 0 Å². The van der Waals surface area contributed by atoms with Crippen molar-refractivity contribution in [3.63, 3.8) is 0 Å². The van der Waals surface area contributed by atoms with Gasteiger partial charge in [0.1, 0.15) is 5.69 Å². The summed E-state index contributed by atoms with van der Waals surface area (Å²) < 4.78 is 0. The molecule has 0 saturated carbocycles. The van der Waals surface area contributed by atoms with E-state index in [0.29, 0.717) is 0 Å². The second kappa shape index (κ2) is 2.21. The largest absolute Gasteiger partial charge is 0.543 e. The van der Waals surface area contributed by atoms with Crippen LogP contribution in [0.15, 0.2) is 18.6 Å². The molecule has 0 amide bonds. The van der Waals surface area contributed by atoms with Gasteiger partial charge in [0.05, 0.1) is 12.2 Å². The predicted octanol–water partition coefficient (Wildman–Crippen LogP) is -1.16. The fourth-order valence-corrected chi connectivity index (χ4v) is 0.405. The van der Waals surface area contributed by atoms with Gasteiger partial charge in [-0.2, -0.15) is 0 Å². The van der Waals surface area contributed by atoms with Crippen molar-refractivity contribution in [2.45, 2.75) is 0 Å². The van der Waals surface area contributed by atoms with Crippen LogP contribution in [-0.4, -0.2) is 15.9 Å². The topological polar surface area (TPSA) is 65.9 Å². The van der Waals surface area contributed by atoms with Gasteiger partial charge in [-0.05, 0) is 0 Å². The normalized spacial score (nSPS) is 8.89. The van der Waals surface area contributed by atoms with E-state index in [2.05, 4.69) is 9.97 Å². The Bertz CT molecular complexity index is 209. The minimum Gasteiger partial charge on any atom is -0.543 e. The highest BCUT2D eigenvalue weighted by Gasteiger charge is 1.89. The van der Waals surface area contributed by atoms with Crippen LogP contribution in [0.4, 0.5) is 0 Å². The Balaban J connectivity index is 2.98. The zero-order chi connectivity index (χ0) is 6.69. The van der Waals surface area contributed by atoms with Crippen LogP contribution in [0.5, 0.6) is 0 Å². The summed E-state index contributed by atoms with van der Waals surface area (Å²) in [5, 5.41) is 9.99. The SMILES string of the molecule is O=C([O-])c1cnccn1. The monoisotopic (exact) mass is 123 g/mol. The van der Waals surface area contributed by atoms with Crippen LogP contribution >= 0.6 is 0 Å². The first-order valence-corrected chi connectivity index (χ1v) is 2.28. The lowest BCUT2D eigenvalue weighted by molar-refractivity contribution is -0.255. The van der Waals surface area contributed by atoms with E-state index in [4.69, 9.17) is 0 Å². The molecule has 9 heavy (non-hydrogen) atoms. The number of carbonyl (C=O) groups excluding carboxylic acids is 1. The summed E-state index contributed by atoms with van der Waals surface area (Å²) in [6, 6.07) is 0. The fraction of sp³-hybridized carbons (Fsp3) is 0. The Morgan fingerprint density at radius 2 is 2.33 bits per heavy atom. The van der Waals surface area contributed by atoms with E-state index < -0.39 is 5.97 Å². The van der Waals surface area contributed by atoms with Gasteiger partial charge in [0, 0.05) is 12.4 Å². The summed E-state index contributed by atoms with van der Waals surface area (Å²) in [5.74, 6) is -1.30. The van der Waals surface area contributed by atoms with E-state index in [1.54, 1.807) is 0 Å². The maximum atomic E-state index is 9.99. The average molecular weight is 123 g/mol. The number of aromatic nitrogens is 2. The zero-order valence-corrected chi connectivity index (χ0v) is 4.44. The highest BCUT2D eigenvalue weighted by molar-refractivity contribution is 5.82. The van der Waals surface area contributed by atoms with Gasteiger partial charge in [-0.3, -0.25) is 9.97 Å². The molecule has 0 atom stereocenters. The second-order valence-corrected chi connectivity index (χ2v) is 1.38. The fourth-order valence-electron chi connectivity index (χ4n) is 0.405. The van der Waals surface area contributed by atoms with Crippen LogP contribution in [0.25, 0.3) is 0 Å². The molecule has 0 aliphatic carbocycles. The van der Waals surface area contributed by atoms with Gasteiger partial charge >= 0.3 is 0 Å². The Morgan fingerprint density at radius 1 is 1.56 bits per heavy atom. The maximum Gasteiger partial charge on any atom is 0.104 e. The van der Waals surface area contributed by atoms with E-state index in [9.17, 15) is 9.90 Å². The summed E-state index contributed by atoms with van der Waals surface area (Å²) >= 11 is 0. The number of hydrogen-bond acceptors (Lipinski definition) is 4. The quantitative estimate of drug-likeness (QED) is 0.472. The van der Waals surface area contributed by atoms with E-state index in [1.807, 2.05) is 0 Å². The molecule has 0 N–H and O–H groups in total. The summed E-state index contributed by atoms with van der Waals surface area (Å²) in [6.07, 6.45) is 3.83. The molecule has 0 spiro atoms. The Hall–Kier alpha value is -1.45. The molecule has 46 valence electrons. The summed E-state index contributed by atoms with van der Waals surface area (Å²) in [7, 11) is 0. The third-order valence-electron chi connectivity index (χ3n) is 0.772. The number of carboxylic acids is 1. The molecule has 0 aliphatic heterocycles. The Kier molecular flexibility index (Phi) is 1.40. The van der Waals surface area contributed by atoms with Crippen LogP contribution in [0.3, 0.4) is 0 Å². The molecule has 1 aromatic rings. The third-order valence-corrected chi connectivity index (χ3v) is 0.772. The molecule has 0 saturated heterocycles. The van der Waals surface area contributed by atoms with E-state index in [1.165, 1.54) is 12.4 Å². The number of aromatic carboxylic acids is 1. The van der Waals surface area contributed by atoms with Crippen LogP contribution in [0, 0.1) is 0 Å². The van der Waals surface area contributed by atoms with Crippen LogP contribution in [-0.2, 0) is 0 Å². The van der Waals surface area contributed by atoms with Gasteiger partial charge in [0.25, 0.3) is 0 Å². The van der Waals surface area contributed by atoms with Crippen molar-refractivity contribution in [2.24, 2.45) is 0 Å². The lowest BCUT2D eigenvalue weighted by Crippen LogP contribution is -2.23. The van der Waals surface area contributed by atoms with E-state index in [0.717, 1.165) is 6.20 Å². The Morgan fingerprint density at radius 3 is 2.67 bits per heavy atom. The molecule has 4 nitrogen and oxygen atoms in total. The van der Waals surface area contributed by atoms with Gasteiger partial charge in [-0.15, -0.1) is 0 Å². The minimum atomic E-state index is -1.30. The van der Waals surface area contributed by atoms with Gasteiger partial charge in [0.15, 0.2) is 0 Å². The number of rotatable bonds is 1. The molecule has 4 heteroatoms. The lowest BCUT2D eigenvalue weighted by atomic mass is 10.5. The first-order chi connectivity index (χ1) is 4.30. The molecule has 0 aromatic carbocycles.